The number of fused-ring (bicyclic) bond motifs is 1. The van der Waals surface area contributed by atoms with Crippen molar-refractivity contribution in [1.29, 1.82) is 0 Å². The predicted molar refractivity (Wildman–Crippen MR) is 90.5 cm³/mol. The number of aromatic hydroxyl groups is 1. The average molecular weight is 353 g/mol. The summed E-state index contributed by atoms with van der Waals surface area (Å²) in [6, 6.07) is 6.34. The standard InChI is InChI=1S/C16H23N3O4S/c1-17(2)16(21)19-7-6-18(9-12-4-3-5-13(20)8-12)14-10-24(22,23)11-15(14)19/h3-5,8,14-15,20H,6-7,9-11H2,1-2H3/t14-,15+/m1/s1. The van der Waals surface area contributed by atoms with Crippen LogP contribution in [0.5, 0.6) is 5.75 Å². The quantitative estimate of drug-likeness (QED) is 0.830. The first-order valence-electron chi connectivity index (χ1n) is 7.97. The lowest BCUT2D eigenvalue weighted by atomic mass is 10.0. The first-order chi connectivity index (χ1) is 11.3. The molecule has 2 aliphatic heterocycles. The summed E-state index contributed by atoms with van der Waals surface area (Å²) in [6.45, 7) is 1.69. The van der Waals surface area contributed by atoms with Crippen LogP contribution in [0.1, 0.15) is 5.56 Å². The molecule has 1 N–H and O–H groups in total. The van der Waals surface area contributed by atoms with Crippen LogP contribution in [0.25, 0.3) is 0 Å². The lowest BCUT2D eigenvalue weighted by Crippen LogP contribution is -2.61. The normalized spacial score (nSPS) is 26.2. The van der Waals surface area contributed by atoms with Gasteiger partial charge >= 0.3 is 6.03 Å². The van der Waals surface area contributed by atoms with E-state index in [1.807, 2.05) is 6.07 Å². The predicted octanol–water partition coefficient (Wildman–Crippen LogP) is 0.357. The summed E-state index contributed by atoms with van der Waals surface area (Å²) >= 11 is 0. The topological polar surface area (TPSA) is 81.2 Å². The van der Waals surface area contributed by atoms with Crippen LogP contribution < -0.4 is 0 Å². The van der Waals surface area contributed by atoms with Crippen molar-refractivity contribution in [2.75, 3.05) is 38.7 Å². The van der Waals surface area contributed by atoms with Crippen molar-refractivity contribution >= 4 is 15.9 Å². The van der Waals surface area contributed by atoms with Crippen LogP contribution in [0.3, 0.4) is 0 Å². The zero-order valence-corrected chi connectivity index (χ0v) is 14.7. The fourth-order valence-electron chi connectivity index (χ4n) is 3.60. The molecular weight excluding hydrogens is 330 g/mol. The van der Waals surface area contributed by atoms with Crippen LogP contribution in [0, 0.1) is 0 Å². The molecule has 0 aromatic heterocycles. The van der Waals surface area contributed by atoms with E-state index in [1.165, 1.54) is 4.90 Å². The van der Waals surface area contributed by atoms with Crippen molar-refractivity contribution in [2.45, 2.75) is 18.6 Å². The van der Waals surface area contributed by atoms with Gasteiger partial charge in [0.15, 0.2) is 9.84 Å². The largest absolute Gasteiger partial charge is 0.508 e. The van der Waals surface area contributed by atoms with Crippen molar-refractivity contribution in [3.63, 3.8) is 0 Å². The highest BCUT2D eigenvalue weighted by Crippen LogP contribution is 2.29. The molecule has 0 unspecified atom stereocenters. The van der Waals surface area contributed by atoms with Crippen LogP contribution in [0.2, 0.25) is 0 Å². The Balaban J connectivity index is 1.83. The third kappa shape index (κ3) is 3.34. The summed E-state index contributed by atoms with van der Waals surface area (Å²) in [7, 11) is 0.203. The number of sulfone groups is 1. The van der Waals surface area contributed by atoms with Crippen molar-refractivity contribution in [2.24, 2.45) is 0 Å². The minimum absolute atomic E-state index is 0.0216. The molecule has 24 heavy (non-hydrogen) atoms. The van der Waals surface area contributed by atoms with E-state index in [9.17, 15) is 18.3 Å². The third-order valence-electron chi connectivity index (χ3n) is 4.72. The van der Waals surface area contributed by atoms with E-state index in [0.717, 1.165) is 5.56 Å². The lowest BCUT2D eigenvalue weighted by molar-refractivity contribution is 0.0520. The van der Waals surface area contributed by atoms with Crippen molar-refractivity contribution < 1.29 is 18.3 Å². The Morgan fingerprint density at radius 3 is 2.62 bits per heavy atom. The fourth-order valence-corrected chi connectivity index (χ4v) is 5.62. The number of hydrogen-bond acceptors (Lipinski definition) is 5. The van der Waals surface area contributed by atoms with Crippen LogP contribution in [-0.4, -0.2) is 85.0 Å². The SMILES string of the molecule is CN(C)C(=O)N1CCN(Cc2cccc(O)c2)[C@@H]2CS(=O)(=O)C[C@@H]21. The lowest BCUT2D eigenvalue weighted by Gasteiger charge is -2.44. The van der Waals surface area contributed by atoms with E-state index in [-0.39, 0.29) is 35.4 Å². The zero-order valence-electron chi connectivity index (χ0n) is 13.9. The molecule has 8 heteroatoms. The summed E-state index contributed by atoms with van der Waals surface area (Å²) in [5.74, 6) is 0.297. The number of piperazine rings is 1. The van der Waals surface area contributed by atoms with Gasteiger partial charge in [0.05, 0.1) is 17.5 Å². The second kappa shape index (κ2) is 6.25. The summed E-state index contributed by atoms with van der Waals surface area (Å²) in [5.41, 5.74) is 0.936. The number of phenols is 1. The molecule has 2 atom stereocenters. The fraction of sp³-hybridized carbons (Fsp3) is 0.562. The van der Waals surface area contributed by atoms with Gasteiger partial charge in [-0.2, -0.15) is 0 Å². The molecule has 2 saturated heterocycles. The van der Waals surface area contributed by atoms with Gasteiger partial charge in [-0.15, -0.1) is 0 Å². The van der Waals surface area contributed by atoms with E-state index in [4.69, 9.17) is 0 Å². The smallest absolute Gasteiger partial charge is 0.319 e. The number of carbonyl (C=O) groups is 1. The van der Waals surface area contributed by atoms with Gasteiger partial charge in [0.25, 0.3) is 0 Å². The maximum absolute atomic E-state index is 12.4. The van der Waals surface area contributed by atoms with Crippen molar-refractivity contribution in [3.05, 3.63) is 29.8 Å². The first kappa shape index (κ1) is 17.0. The van der Waals surface area contributed by atoms with Crippen LogP contribution in [-0.2, 0) is 16.4 Å². The Hall–Kier alpha value is -1.80. The van der Waals surface area contributed by atoms with E-state index >= 15 is 0 Å². The Bertz CT molecular complexity index is 735. The highest BCUT2D eigenvalue weighted by Gasteiger charge is 2.48. The van der Waals surface area contributed by atoms with Gasteiger partial charge in [-0.1, -0.05) is 12.1 Å². The molecule has 0 bridgehead atoms. The van der Waals surface area contributed by atoms with E-state index in [2.05, 4.69) is 4.90 Å². The molecular formula is C16H23N3O4S. The van der Waals surface area contributed by atoms with E-state index < -0.39 is 9.84 Å². The minimum Gasteiger partial charge on any atom is -0.508 e. The maximum atomic E-state index is 12.4. The van der Waals surface area contributed by atoms with Gasteiger partial charge in [0.1, 0.15) is 5.75 Å². The zero-order chi connectivity index (χ0) is 17.5. The Kier molecular flexibility index (Phi) is 4.44. The molecule has 0 radical (unpaired) electrons. The molecule has 2 heterocycles. The van der Waals surface area contributed by atoms with Gasteiger partial charge in [-0.3, -0.25) is 4.90 Å². The summed E-state index contributed by atoms with van der Waals surface area (Å²) in [6.07, 6.45) is 0. The minimum atomic E-state index is -3.16. The molecule has 7 nitrogen and oxygen atoms in total. The molecule has 0 saturated carbocycles. The molecule has 132 valence electrons. The highest BCUT2D eigenvalue weighted by atomic mass is 32.2. The van der Waals surface area contributed by atoms with Gasteiger partial charge in [-0.25, -0.2) is 13.2 Å². The van der Waals surface area contributed by atoms with Crippen molar-refractivity contribution in [1.82, 2.24) is 14.7 Å². The maximum Gasteiger partial charge on any atom is 0.319 e. The van der Waals surface area contributed by atoms with E-state index in [0.29, 0.717) is 19.6 Å². The molecule has 2 fully saturated rings. The van der Waals surface area contributed by atoms with Crippen LogP contribution >= 0.6 is 0 Å². The molecule has 2 aliphatic rings. The number of urea groups is 1. The molecule has 0 aliphatic carbocycles. The van der Waals surface area contributed by atoms with Gasteiger partial charge in [0, 0.05) is 39.8 Å². The van der Waals surface area contributed by atoms with Crippen LogP contribution in [0.4, 0.5) is 4.79 Å². The molecule has 2 amide bonds. The summed E-state index contributed by atoms with van der Waals surface area (Å²) in [5, 5.41) is 9.62. The molecule has 1 aromatic carbocycles. The molecule has 3 rings (SSSR count). The number of nitrogens with zero attached hydrogens (tertiary/aromatic N) is 3. The number of amides is 2. The van der Waals surface area contributed by atoms with E-state index in [1.54, 1.807) is 37.2 Å². The Labute approximate surface area is 142 Å². The number of carbonyl (C=O) groups excluding carboxylic acids is 1. The first-order valence-corrected chi connectivity index (χ1v) is 9.79. The molecule has 0 spiro atoms. The summed E-state index contributed by atoms with van der Waals surface area (Å²) < 4.78 is 24.3. The van der Waals surface area contributed by atoms with Gasteiger partial charge in [-0.05, 0) is 17.7 Å². The number of phenolic OH excluding ortho intramolecular Hbond substituents is 1. The average Bonchev–Trinajstić information content (AvgIpc) is 2.82. The molecule has 1 aromatic rings. The van der Waals surface area contributed by atoms with Gasteiger partial charge in [0.2, 0.25) is 0 Å². The van der Waals surface area contributed by atoms with Crippen LogP contribution in [0.15, 0.2) is 24.3 Å². The monoisotopic (exact) mass is 353 g/mol. The number of rotatable bonds is 2. The summed E-state index contributed by atoms with van der Waals surface area (Å²) in [4.78, 5) is 17.7. The number of hydrogen-bond donors (Lipinski definition) is 1. The van der Waals surface area contributed by atoms with Gasteiger partial charge < -0.3 is 14.9 Å². The second-order valence-corrected chi connectivity index (χ2v) is 8.88. The number of benzene rings is 1. The highest BCUT2D eigenvalue weighted by molar-refractivity contribution is 7.91. The Morgan fingerprint density at radius 1 is 1.25 bits per heavy atom. The second-order valence-electron chi connectivity index (χ2n) is 6.72. The Morgan fingerprint density at radius 2 is 1.96 bits per heavy atom. The third-order valence-corrected chi connectivity index (χ3v) is 6.41. The van der Waals surface area contributed by atoms with Crippen molar-refractivity contribution in [3.8, 4) is 5.75 Å².